The monoisotopic (exact) mass is 379 g/mol. The average Bonchev–Trinajstić information content (AvgIpc) is 3.16. The fourth-order valence-corrected chi connectivity index (χ4v) is 2.55. The van der Waals surface area contributed by atoms with Crippen LogP contribution in [0.15, 0.2) is 52.2 Å². The third kappa shape index (κ3) is 4.17. The van der Waals surface area contributed by atoms with Gasteiger partial charge in [0.1, 0.15) is 5.75 Å². The number of hydrogen-bond acceptors (Lipinski definition) is 7. The van der Waals surface area contributed by atoms with Crippen molar-refractivity contribution in [2.24, 2.45) is 5.10 Å². The summed E-state index contributed by atoms with van der Waals surface area (Å²) in [5.41, 5.74) is 2.59. The van der Waals surface area contributed by atoms with E-state index in [-0.39, 0.29) is 5.91 Å². The van der Waals surface area contributed by atoms with Gasteiger partial charge in [-0.25, -0.2) is 9.97 Å². The van der Waals surface area contributed by atoms with Gasteiger partial charge in [-0.05, 0) is 37.6 Å². The van der Waals surface area contributed by atoms with Crippen molar-refractivity contribution in [1.29, 1.82) is 0 Å². The molecule has 0 aliphatic heterocycles. The lowest BCUT2D eigenvalue weighted by Crippen LogP contribution is -2.23. The predicted octanol–water partition coefficient (Wildman–Crippen LogP) is 4.16. The summed E-state index contributed by atoms with van der Waals surface area (Å²) < 4.78 is 11.1. The van der Waals surface area contributed by atoms with E-state index >= 15 is 0 Å². The van der Waals surface area contributed by atoms with Crippen LogP contribution in [-0.2, 0) is 4.79 Å². The topological polar surface area (TPSA) is 92.9 Å². The van der Waals surface area contributed by atoms with E-state index in [0.717, 1.165) is 22.6 Å². The van der Waals surface area contributed by atoms with Crippen LogP contribution in [0.25, 0.3) is 11.3 Å². The summed E-state index contributed by atoms with van der Waals surface area (Å²) in [7, 11) is 1.62. The molecule has 0 radical (unpaired) electrons. The molecule has 1 amide bonds. The Morgan fingerprint density at radius 2 is 2.11 bits per heavy atom. The standard InChI is InChI=1S/C20H21N5O3/c1-5-23-25(14(3)26)19-10-15(8-9-21-19)18-12-22-20(28-18)24-17-11-16(27-4)7-6-13(17)2/h5-12H,1-4H3,(H,22,24)/b23-5-. The number of pyridine rings is 1. The molecule has 0 aliphatic rings. The van der Waals surface area contributed by atoms with E-state index in [1.807, 2.05) is 25.1 Å². The molecule has 3 rings (SSSR count). The number of ether oxygens (including phenoxy) is 1. The van der Waals surface area contributed by atoms with Gasteiger partial charge in [-0.2, -0.15) is 10.1 Å². The molecule has 0 aliphatic carbocycles. The van der Waals surface area contributed by atoms with Gasteiger partial charge in [-0.3, -0.25) is 4.79 Å². The van der Waals surface area contributed by atoms with Crippen LogP contribution < -0.4 is 15.1 Å². The fourth-order valence-electron chi connectivity index (χ4n) is 2.55. The van der Waals surface area contributed by atoms with Gasteiger partial charge in [0.2, 0.25) is 5.91 Å². The van der Waals surface area contributed by atoms with Gasteiger partial charge in [-0.15, -0.1) is 0 Å². The van der Waals surface area contributed by atoms with E-state index in [2.05, 4.69) is 20.4 Å². The first-order chi connectivity index (χ1) is 13.5. The van der Waals surface area contributed by atoms with Crippen LogP contribution in [0.5, 0.6) is 5.75 Å². The SMILES string of the molecule is C/C=N\N(C(C)=O)c1cc(-c2cnc(Nc3cc(OC)ccc3C)o2)ccn1. The molecule has 0 saturated carbocycles. The van der Waals surface area contributed by atoms with Crippen LogP contribution in [0.4, 0.5) is 17.5 Å². The number of carbonyl (C=O) groups excluding carboxylic acids is 1. The molecule has 1 aromatic carbocycles. The third-order valence-electron chi connectivity index (χ3n) is 3.97. The summed E-state index contributed by atoms with van der Waals surface area (Å²) >= 11 is 0. The lowest BCUT2D eigenvalue weighted by atomic mass is 10.2. The van der Waals surface area contributed by atoms with Crippen LogP contribution in [0, 0.1) is 6.92 Å². The van der Waals surface area contributed by atoms with Crippen molar-refractivity contribution >= 4 is 29.6 Å². The highest BCUT2D eigenvalue weighted by Gasteiger charge is 2.14. The lowest BCUT2D eigenvalue weighted by molar-refractivity contribution is -0.116. The molecule has 0 atom stereocenters. The first-order valence-corrected chi connectivity index (χ1v) is 8.65. The molecule has 2 heterocycles. The number of amides is 1. The summed E-state index contributed by atoms with van der Waals surface area (Å²) in [5, 5.41) is 8.41. The maximum atomic E-state index is 11.8. The number of oxazole rings is 1. The van der Waals surface area contributed by atoms with Crippen molar-refractivity contribution < 1.29 is 13.9 Å². The number of nitrogens with one attached hydrogen (secondary N) is 1. The largest absolute Gasteiger partial charge is 0.497 e. The number of methoxy groups -OCH3 is 1. The van der Waals surface area contributed by atoms with Crippen molar-refractivity contribution in [3.8, 4) is 17.1 Å². The van der Waals surface area contributed by atoms with Gasteiger partial charge < -0.3 is 14.5 Å². The molecular weight excluding hydrogens is 358 g/mol. The number of anilines is 3. The lowest BCUT2D eigenvalue weighted by Gasteiger charge is -2.13. The molecule has 0 saturated heterocycles. The summed E-state index contributed by atoms with van der Waals surface area (Å²) in [6.07, 6.45) is 4.73. The number of aromatic nitrogens is 2. The average molecular weight is 379 g/mol. The summed E-state index contributed by atoms with van der Waals surface area (Å²) in [4.78, 5) is 20.3. The molecule has 1 N–H and O–H groups in total. The normalized spacial score (nSPS) is 10.9. The number of aryl methyl sites for hydroxylation is 1. The Labute approximate surface area is 162 Å². The molecular formula is C20H21N5O3. The molecule has 0 unspecified atom stereocenters. The minimum Gasteiger partial charge on any atom is -0.497 e. The van der Waals surface area contributed by atoms with Gasteiger partial charge in [-0.1, -0.05) is 6.07 Å². The highest BCUT2D eigenvalue weighted by molar-refractivity contribution is 5.91. The van der Waals surface area contributed by atoms with Crippen molar-refractivity contribution in [1.82, 2.24) is 9.97 Å². The maximum Gasteiger partial charge on any atom is 0.299 e. The molecule has 0 spiro atoms. The number of nitrogens with zero attached hydrogens (tertiary/aromatic N) is 4. The van der Waals surface area contributed by atoms with Crippen molar-refractivity contribution in [2.45, 2.75) is 20.8 Å². The van der Waals surface area contributed by atoms with Gasteiger partial charge >= 0.3 is 0 Å². The second kappa shape index (κ2) is 8.34. The summed E-state index contributed by atoms with van der Waals surface area (Å²) in [6, 6.07) is 9.55. The Hall–Kier alpha value is -3.68. The quantitative estimate of drug-likeness (QED) is 0.511. The van der Waals surface area contributed by atoms with Crippen molar-refractivity contribution in [3.63, 3.8) is 0 Å². The predicted molar refractivity (Wildman–Crippen MR) is 108 cm³/mol. The van der Waals surface area contributed by atoms with Crippen molar-refractivity contribution in [3.05, 3.63) is 48.3 Å². The van der Waals surface area contributed by atoms with Gasteiger partial charge in [0.15, 0.2) is 11.6 Å². The molecule has 3 aromatic rings. The number of rotatable bonds is 6. The highest BCUT2D eigenvalue weighted by Crippen LogP contribution is 2.29. The maximum absolute atomic E-state index is 11.8. The van der Waals surface area contributed by atoms with Crippen LogP contribution in [0.3, 0.4) is 0 Å². The van der Waals surface area contributed by atoms with E-state index in [1.54, 1.807) is 38.6 Å². The minimum absolute atomic E-state index is 0.240. The van der Waals surface area contributed by atoms with E-state index in [0.29, 0.717) is 17.6 Å². The van der Waals surface area contributed by atoms with Gasteiger partial charge in [0.25, 0.3) is 6.01 Å². The smallest absolute Gasteiger partial charge is 0.299 e. The van der Waals surface area contributed by atoms with E-state index in [4.69, 9.17) is 9.15 Å². The van der Waals surface area contributed by atoms with Gasteiger partial charge in [0.05, 0.1) is 13.3 Å². The molecule has 0 fully saturated rings. The number of hydrogen-bond donors (Lipinski definition) is 1. The fraction of sp³-hybridized carbons (Fsp3) is 0.200. The molecule has 0 bridgehead atoms. The van der Waals surface area contributed by atoms with E-state index in [9.17, 15) is 4.79 Å². The second-order valence-corrected chi connectivity index (χ2v) is 5.94. The first-order valence-electron chi connectivity index (χ1n) is 8.65. The Kier molecular flexibility index (Phi) is 5.69. The van der Waals surface area contributed by atoms with Crippen LogP contribution >= 0.6 is 0 Å². The Bertz CT molecular complexity index is 1010. The first kappa shape index (κ1) is 19.1. The Morgan fingerprint density at radius 1 is 1.29 bits per heavy atom. The zero-order valence-electron chi connectivity index (χ0n) is 16.1. The Morgan fingerprint density at radius 3 is 2.82 bits per heavy atom. The van der Waals surface area contributed by atoms with E-state index in [1.165, 1.54) is 18.1 Å². The minimum atomic E-state index is -0.240. The van der Waals surface area contributed by atoms with Crippen LogP contribution in [0.2, 0.25) is 0 Å². The zero-order valence-corrected chi connectivity index (χ0v) is 16.1. The van der Waals surface area contributed by atoms with Crippen molar-refractivity contribution in [2.75, 3.05) is 17.4 Å². The van der Waals surface area contributed by atoms with Crippen LogP contribution in [-0.4, -0.2) is 29.2 Å². The summed E-state index contributed by atoms with van der Waals surface area (Å²) in [6.45, 7) is 5.13. The number of carbonyl (C=O) groups is 1. The third-order valence-corrected chi connectivity index (χ3v) is 3.97. The number of benzene rings is 1. The molecule has 8 heteroatoms. The second-order valence-electron chi connectivity index (χ2n) is 5.94. The number of hydrazone groups is 1. The Balaban J connectivity index is 1.86. The van der Waals surface area contributed by atoms with E-state index < -0.39 is 0 Å². The van der Waals surface area contributed by atoms with Crippen LogP contribution in [0.1, 0.15) is 19.4 Å². The van der Waals surface area contributed by atoms with Gasteiger partial charge in [0, 0.05) is 36.7 Å². The molecule has 2 aromatic heterocycles. The zero-order chi connectivity index (χ0) is 20.1. The summed E-state index contributed by atoms with van der Waals surface area (Å²) in [5.74, 6) is 1.43. The highest BCUT2D eigenvalue weighted by atomic mass is 16.5. The molecule has 144 valence electrons. The molecule has 28 heavy (non-hydrogen) atoms. The molecule has 8 nitrogen and oxygen atoms in total.